The van der Waals surface area contributed by atoms with Crippen LogP contribution in [0.4, 0.5) is 0 Å². The second-order valence-corrected chi connectivity index (χ2v) is 4.39. The molecule has 18 heavy (non-hydrogen) atoms. The Morgan fingerprint density at radius 1 is 1.44 bits per heavy atom. The summed E-state index contributed by atoms with van der Waals surface area (Å²) in [4.78, 5) is 26.8. The molecule has 2 N–H and O–H groups in total. The van der Waals surface area contributed by atoms with E-state index in [0.717, 1.165) is 16.8 Å². The number of aliphatic carboxylic acids is 1. The molecule has 2 aromatic rings. The van der Waals surface area contributed by atoms with Crippen LogP contribution >= 0.6 is 0 Å². The van der Waals surface area contributed by atoms with E-state index in [1.807, 2.05) is 13.8 Å². The van der Waals surface area contributed by atoms with Crippen LogP contribution in [0.5, 0.6) is 0 Å². The lowest BCUT2D eigenvalue weighted by atomic mass is 10.0. The van der Waals surface area contributed by atoms with Crippen molar-refractivity contribution in [2.75, 3.05) is 0 Å². The molecule has 0 aromatic carbocycles. The lowest BCUT2D eigenvalue weighted by Gasteiger charge is -2.09. The minimum Gasteiger partial charge on any atom is -0.481 e. The molecule has 0 atom stereocenters. The highest BCUT2D eigenvalue weighted by Gasteiger charge is 2.15. The van der Waals surface area contributed by atoms with Crippen molar-refractivity contribution in [3.63, 3.8) is 0 Å². The third kappa shape index (κ3) is 1.90. The van der Waals surface area contributed by atoms with Gasteiger partial charge < -0.3 is 5.11 Å². The first-order valence-electron chi connectivity index (χ1n) is 5.68. The second-order valence-electron chi connectivity index (χ2n) is 4.39. The third-order valence-corrected chi connectivity index (χ3v) is 3.16. The quantitative estimate of drug-likeness (QED) is 0.845. The van der Waals surface area contributed by atoms with E-state index < -0.39 is 5.97 Å². The van der Waals surface area contributed by atoms with Crippen LogP contribution in [0.2, 0.25) is 0 Å². The first-order chi connectivity index (χ1) is 8.41. The molecule has 6 heteroatoms. The van der Waals surface area contributed by atoms with Crippen molar-refractivity contribution in [3.8, 4) is 0 Å². The summed E-state index contributed by atoms with van der Waals surface area (Å²) < 4.78 is 1.58. The summed E-state index contributed by atoms with van der Waals surface area (Å²) in [5.74, 6) is -0.851. The molecule has 0 amide bonds. The maximum Gasteiger partial charge on any atom is 0.303 e. The van der Waals surface area contributed by atoms with Crippen molar-refractivity contribution in [3.05, 3.63) is 27.2 Å². The Kier molecular flexibility index (Phi) is 2.94. The van der Waals surface area contributed by atoms with Gasteiger partial charge in [-0.2, -0.15) is 0 Å². The van der Waals surface area contributed by atoms with Gasteiger partial charge in [0.05, 0.1) is 5.39 Å². The summed E-state index contributed by atoms with van der Waals surface area (Å²) >= 11 is 0. The first kappa shape index (κ1) is 12.3. The van der Waals surface area contributed by atoms with E-state index in [1.165, 1.54) is 0 Å². The maximum atomic E-state index is 11.8. The van der Waals surface area contributed by atoms with E-state index >= 15 is 0 Å². The molecule has 0 aliphatic carbocycles. The summed E-state index contributed by atoms with van der Waals surface area (Å²) in [6.07, 6.45) is 0.434. The van der Waals surface area contributed by atoms with Crippen LogP contribution in [-0.2, 0) is 18.3 Å². The van der Waals surface area contributed by atoms with Crippen molar-refractivity contribution in [2.24, 2.45) is 7.05 Å². The van der Waals surface area contributed by atoms with Gasteiger partial charge in [-0.25, -0.2) is 4.98 Å². The molecule has 0 saturated carbocycles. The van der Waals surface area contributed by atoms with E-state index in [0.29, 0.717) is 17.5 Å². The summed E-state index contributed by atoms with van der Waals surface area (Å²) in [5, 5.41) is 11.9. The molecule has 0 radical (unpaired) electrons. The fraction of sp³-hybridized carbons (Fsp3) is 0.417. The monoisotopic (exact) mass is 249 g/mol. The van der Waals surface area contributed by atoms with E-state index in [9.17, 15) is 9.59 Å². The zero-order valence-corrected chi connectivity index (χ0v) is 10.6. The first-order valence-corrected chi connectivity index (χ1v) is 5.68. The highest BCUT2D eigenvalue weighted by Crippen LogP contribution is 2.20. The van der Waals surface area contributed by atoms with Gasteiger partial charge in [-0.15, -0.1) is 0 Å². The lowest BCUT2D eigenvalue weighted by Crippen LogP contribution is -2.06. The van der Waals surface area contributed by atoms with E-state index in [2.05, 4.69) is 10.1 Å². The van der Waals surface area contributed by atoms with Crippen LogP contribution in [0.1, 0.15) is 23.2 Å². The SMILES string of the molecule is Cc1nc2c(c(C)c1CCC(=O)O)c(=O)[nH]n2C. The number of hydrogen-bond donors (Lipinski definition) is 2. The van der Waals surface area contributed by atoms with Gasteiger partial charge in [0.15, 0.2) is 5.65 Å². The molecule has 0 aliphatic rings. The molecule has 0 aliphatic heterocycles. The van der Waals surface area contributed by atoms with E-state index in [1.54, 1.807) is 11.7 Å². The Labute approximate surface area is 103 Å². The second kappa shape index (κ2) is 4.29. The van der Waals surface area contributed by atoms with Gasteiger partial charge in [-0.05, 0) is 31.4 Å². The molecular weight excluding hydrogens is 234 g/mol. The number of aromatic amines is 1. The van der Waals surface area contributed by atoms with Crippen LogP contribution in [0.25, 0.3) is 11.0 Å². The fourth-order valence-corrected chi connectivity index (χ4v) is 2.25. The predicted molar refractivity (Wildman–Crippen MR) is 66.8 cm³/mol. The average molecular weight is 249 g/mol. The van der Waals surface area contributed by atoms with Crippen molar-refractivity contribution in [1.29, 1.82) is 0 Å². The third-order valence-electron chi connectivity index (χ3n) is 3.16. The molecule has 0 spiro atoms. The molecular formula is C12H15N3O3. The zero-order chi connectivity index (χ0) is 13.4. The van der Waals surface area contributed by atoms with Gasteiger partial charge in [0.1, 0.15) is 0 Å². The summed E-state index contributed by atoms with van der Waals surface area (Å²) in [6.45, 7) is 3.67. The lowest BCUT2D eigenvalue weighted by molar-refractivity contribution is -0.136. The largest absolute Gasteiger partial charge is 0.481 e. The molecule has 0 bridgehead atoms. The number of hydrogen-bond acceptors (Lipinski definition) is 3. The van der Waals surface area contributed by atoms with Crippen LogP contribution in [0.3, 0.4) is 0 Å². The summed E-state index contributed by atoms with van der Waals surface area (Å²) in [7, 11) is 1.73. The van der Waals surface area contributed by atoms with Gasteiger partial charge in [-0.3, -0.25) is 19.4 Å². The van der Waals surface area contributed by atoms with Crippen LogP contribution in [0.15, 0.2) is 4.79 Å². The number of aromatic nitrogens is 3. The standard InChI is InChI=1S/C12H15N3O3/c1-6-8(4-5-9(16)17)7(2)13-11-10(6)12(18)14-15(11)3/h4-5H2,1-3H3,(H,14,18)(H,16,17). The number of H-pyrrole nitrogens is 1. The van der Waals surface area contributed by atoms with Gasteiger partial charge in [0, 0.05) is 19.2 Å². The smallest absolute Gasteiger partial charge is 0.303 e. The van der Waals surface area contributed by atoms with Gasteiger partial charge in [0.2, 0.25) is 0 Å². The summed E-state index contributed by atoms with van der Waals surface area (Å²) in [5.41, 5.74) is 2.86. The topological polar surface area (TPSA) is 88.0 Å². The van der Waals surface area contributed by atoms with Gasteiger partial charge in [-0.1, -0.05) is 0 Å². The van der Waals surface area contributed by atoms with Crippen molar-refractivity contribution in [1.82, 2.24) is 14.8 Å². The molecule has 0 fully saturated rings. The number of carboxylic acids is 1. The van der Waals surface area contributed by atoms with Crippen LogP contribution in [-0.4, -0.2) is 25.8 Å². The van der Waals surface area contributed by atoms with Crippen molar-refractivity contribution < 1.29 is 9.90 Å². The molecule has 0 saturated heterocycles. The van der Waals surface area contributed by atoms with Gasteiger partial charge in [0.25, 0.3) is 5.56 Å². The Morgan fingerprint density at radius 3 is 2.72 bits per heavy atom. The highest BCUT2D eigenvalue weighted by molar-refractivity contribution is 5.80. The average Bonchev–Trinajstić information content (AvgIpc) is 2.53. The number of carboxylic acid groups (broad SMARTS) is 1. The number of carbonyl (C=O) groups is 1. The molecule has 6 nitrogen and oxygen atoms in total. The fourth-order valence-electron chi connectivity index (χ4n) is 2.25. The van der Waals surface area contributed by atoms with E-state index in [-0.39, 0.29) is 12.0 Å². The molecule has 96 valence electrons. The Balaban J connectivity index is 2.64. The number of aryl methyl sites for hydroxylation is 3. The number of fused-ring (bicyclic) bond motifs is 1. The molecule has 2 aromatic heterocycles. The van der Waals surface area contributed by atoms with E-state index in [4.69, 9.17) is 5.11 Å². The number of nitrogens with one attached hydrogen (secondary N) is 1. The Hall–Kier alpha value is -2.11. The van der Waals surface area contributed by atoms with Crippen molar-refractivity contribution in [2.45, 2.75) is 26.7 Å². The normalized spacial score (nSPS) is 11.1. The minimum atomic E-state index is -0.851. The van der Waals surface area contributed by atoms with Gasteiger partial charge >= 0.3 is 5.97 Å². The predicted octanol–water partition coefficient (Wildman–Crippen LogP) is 0.896. The zero-order valence-electron chi connectivity index (χ0n) is 10.6. The number of nitrogens with zero attached hydrogens (tertiary/aromatic N) is 2. The molecule has 2 rings (SSSR count). The Bertz CT molecular complexity index is 682. The molecule has 0 unspecified atom stereocenters. The highest BCUT2D eigenvalue weighted by atomic mass is 16.4. The minimum absolute atomic E-state index is 0.0413. The Morgan fingerprint density at radius 2 is 2.11 bits per heavy atom. The van der Waals surface area contributed by atoms with Crippen molar-refractivity contribution >= 4 is 17.0 Å². The maximum absolute atomic E-state index is 11.8. The number of rotatable bonds is 3. The van der Waals surface area contributed by atoms with Crippen LogP contribution < -0.4 is 5.56 Å². The van der Waals surface area contributed by atoms with Crippen LogP contribution in [0, 0.1) is 13.8 Å². The summed E-state index contributed by atoms with van der Waals surface area (Å²) in [6, 6.07) is 0. The number of pyridine rings is 1. The molecule has 2 heterocycles.